The molecule has 3 nitrogen and oxygen atoms in total. The maximum atomic E-state index is 9.47. The van der Waals surface area contributed by atoms with Gasteiger partial charge in [0.1, 0.15) is 5.75 Å². The Kier molecular flexibility index (Phi) is 2.93. The first-order chi connectivity index (χ1) is 7.30. The second-order valence-electron chi connectivity index (χ2n) is 3.90. The van der Waals surface area contributed by atoms with E-state index in [4.69, 9.17) is 4.74 Å². The van der Waals surface area contributed by atoms with Gasteiger partial charge in [-0.05, 0) is 30.5 Å². The number of hydrogen-bond donors (Lipinski definition) is 1. The van der Waals surface area contributed by atoms with E-state index in [1.807, 2.05) is 24.3 Å². The highest BCUT2D eigenvalue weighted by Crippen LogP contribution is 2.32. The van der Waals surface area contributed by atoms with Gasteiger partial charge in [0.15, 0.2) is 0 Å². The molecule has 2 rings (SSSR count). The summed E-state index contributed by atoms with van der Waals surface area (Å²) in [6.45, 7) is 0.950. The van der Waals surface area contributed by atoms with E-state index in [1.54, 1.807) is 7.11 Å². The van der Waals surface area contributed by atoms with Crippen LogP contribution in [-0.4, -0.2) is 25.4 Å². The third-order valence-corrected chi connectivity index (χ3v) is 3.05. The zero-order valence-electron chi connectivity index (χ0n) is 8.94. The normalized spacial score (nSPS) is 25.5. The smallest absolute Gasteiger partial charge is 0.118 e. The van der Waals surface area contributed by atoms with Crippen molar-refractivity contribution in [2.24, 2.45) is 0 Å². The van der Waals surface area contributed by atoms with Crippen molar-refractivity contribution in [3.8, 4) is 5.75 Å². The summed E-state index contributed by atoms with van der Waals surface area (Å²) in [5, 5.41) is 14.0. The molecule has 15 heavy (non-hydrogen) atoms. The van der Waals surface area contributed by atoms with Crippen LogP contribution in [0, 0.1) is 0 Å². The molecule has 0 saturated carbocycles. The van der Waals surface area contributed by atoms with Crippen LogP contribution in [0.25, 0.3) is 0 Å². The minimum absolute atomic E-state index is 0.0966. The van der Waals surface area contributed by atoms with Gasteiger partial charge in [0, 0.05) is 6.54 Å². The fraction of sp³-hybridized carbons (Fsp3) is 0.500. The zero-order valence-corrected chi connectivity index (χ0v) is 8.94. The molecule has 1 atom stereocenters. The molecular weight excluding hydrogens is 190 g/mol. The second-order valence-corrected chi connectivity index (χ2v) is 3.90. The van der Waals surface area contributed by atoms with Crippen molar-refractivity contribution in [1.29, 1.82) is 0 Å². The van der Waals surface area contributed by atoms with Crippen LogP contribution in [0.4, 0.5) is 0 Å². The van der Waals surface area contributed by atoms with Crippen molar-refractivity contribution in [2.75, 3.05) is 20.3 Å². The van der Waals surface area contributed by atoms with E-state index in [2.05, 4.69) is 5.32 Å². The number of aliphatic hydroxyl groups is 1. The fourth-order valence-corrected chi connectivity index (χ4v) is 2.10. The SMILES string of the molecule is COc1ccc(C2(CO)CCC[N]2)cc1. The molecule has 1 radical (unpaired) electrons. The van der Waals surface area contributed by atoms with Gasteiger partial charge < -0.3 is 9.84 Å². The summed E-state index contributed by atoms with van der Waals surface area (Å²) in [5.41, 5.74) is 0.731. The molecule has 1 unspecified atom stereocenters. The van der Waals surface area contributed by atoms with Crippen LogP contribution >= 0.6 is 0 Å². The van der Waals surface area contributed by atoms with Crippen molar-refractivity contribution in [3.63, 3.8) is 0 Å². The van der Waals surface area contributed by atoms with E-state index >= 15 is 0 Å². The van der Waals surface area contributed by atoms with Gasteiger partial charge in [-0.3, -0.25) is 0 Å². The third-order valence-electron chi connectivity index (χ3n) is 3.05. The first kappa shape index (κ1) is 10.5. The van der Waals surface area contributed by atoms with Crippen LogP contribution in [0.2, 0.25) is 0 Å². The average molecular weight is 206 g/mol. The number of ether oxygens (including phenoxy) is 1. The molecule has 0 bridgehead atoms. The Hall–Kier alpha value is -1.06. The minimum atomic E-state index is -0.355. The van der Waals surface area contributed by atoms with Gasteiger partial charge in [-0.2, -0.15) is 0 Å². The first-order valence-corrected chi connectivity index (χ1v) is 5.25. The molecule has 3 heteroatoms. The molecule has 0 amide bonds. The van der Waals surface area contributed by atoms with Crippen LogP contribution in [0.5, 0.6) is 5.75 Å². The number of rotatable bonds is 3. The molecular formula is C12H16NO2. The topological polar surface area (TPSA) is 43.6 Å². The van der Waals surface area contributed by atoms with E-state index in [0.29, 0.717) is 0 Å². The lowest BCUT2D eigenvalue weighted by atomic mass is 9.89. The summed E-state index contributed by atoms with van der Waals surface area (Å²) >= 11 is 0. The van der Waals surface area contributed by atoms with Gasteiger partial charge in [0.05, 0.1) is 19.3 Å². The summed E-state index contributed by atoms with van der Waals surface area (Å²) in [4.78, 5) is 0. The van der Waals surface area contributed by atoms with E-state index < -0.39 is 0 Å². The van der Waals surface area contributed by atoms with Gasteiger partial charge in [0.25, 0.3) is 0 Å². The fourth-order valence-electron chi connectivity index (χ4n) is 2.10. The number of benzene rings is 1. The van der Waals surface area contributed by atoms with E-state index in [0.717, 1.165) is 30.7 Å². The number of hydrogen-bond acceptors (Lipinski definition) is 2. The van der Waals surface area contributed by atoms with E-state index in [9.17, 15) is 5.11 Å². The monoisotopic (exact) mass is 206 g/mol. The predicted molar refractivity (Wildman–Crippen MR) is 58.0 cm³/mol. The van der Waals surface area contributed by atoms with Crippen molar-refractivity contribution >= 4 is 0 Å². The Bertz CT molecular complexity index is 315. The Morgan fingerprint density at radius 2 is 2.13 bits per heavy atom. The highest BCUT2D eigenvalue weighted by molar-refractivity contribution is 5.32. The molecule has 0 aliphatic carbocycles. The molecule has 1 N–H and O–H groups in total. The lowest BCUT2D eigenvalue weighted by Gasteiger charge is -2.26. The van der Waals surface area contributed by atoms with Gasteiger partial charge in [-0.25, -0.2) is 5.32 Å². The van der Waals surface area contributed by atoms with Crippen LogP contribution < -0.4 is 10.1 Å². The van der Waals surface area contributed by atoms with E-state index in [1.165, 1.54) is 0 Å². The van der Waals surface area contributed by atoms with Crippen LogP contribution in [0.1, 0.15) is 18.4 Å². The Labute approximate surface area is 90.1 Å². The summed E-state index contributed by atoms with van der Waals surface area (Å²) in [5.74, 6) is 0.838. The lowest BCUT2D eigenvalue weighted by molar-refractivity contribution is 0.176. The highest BCUT2D eigenvalue weighted by atomic mass is 16.5. The minimum Gasteiger partial charge on any atom is -0.497 e. The lowest BCUT2D eigenvalue weighted by Crippen LogP contribution is -2.35. The summed E-state index contributed by atoms with van der Waals surface area (Å²) < 4.78 is 5.11. The van der Waals surface area contributed by atoms with Gasteiger partial charge in [-0.15, -0.1) is 0 Å². The standard InChI is InChI=1S/C12H16NO2/c1-15-11-5-3-10(4-6-11)12(9-14)7-2-8-13-12/h3-6,14H,2,7-9H2,1H3. The van der Waals surface area contributed by atoms with Crippen LogP contribution in [0.15, 0.2) is 24.3 Å². The molecule has 81 valence electrons. The first-order valence-electron chi connectivity index (χ1n) is 5.25. The van der Waals surface area contributed by atoms with Crippen molar-refractivity contribution in [1.82, 2.24) is 5.32 Å². The van der Waals surface area contributed by atoms with Gasteiger partial charge in [-0.1, -0.05) is 12.1 Å². The molecule has 1 aliphatic heterocycles. The molecule has 1 fully saturated rings. The van der Waals surface area contributed by atoms with Crippen molar-refractivity contribution < 1.29 is 9.84 Å². The Morgan fingerprint density at radius 3 is 2.60 bits per heavy atom. The van der Waals surface area contributed by atoms with Crippen LogP contribution in [0.3, 0.4) is 0 Å². The molecule has 1 saturated heterocycles. The molecule has 1 aromatic carbocycles. The quantitative estimate of drug-likeness (QED) is 0.809. The maximum absolute atomic E-state index is 9.47. The number of nitrogens with zero attached hydrogens (tertiary/aromatic N) is 1. The molecule has 1 aliphatic rings. The van der Waals surface area contributed by atoms with Crippen LogP contribution in [-0.2, 0) is 5.54 Å². The molecule has 1 heterocycles. The zero-order chi connectivity index (χ0) is 10.7. The predicted octanol–water partition coefficient (Wildman–Crippen LogP) is 1.28. The molecule has 0 aromatic heterocycles. The second kappa shape index (κ2) is 4.21. The van der Waals surface area contributed by atoms with Crippen molar-refractivity contribution in [3.05, 3.63) is 29.8 Å². The largest absolute Gasteiger partial charge is 0.497 e. The summed E-state index contributed by atoms with van der Waals surface area (Å²) in [6, 6.07) is 7.81. The summed E-state index contributed by atoms with van der Waals surface area (Å²) in [6.07, 6.45) is 2.00. The average Bonchev–Trinajstić information content (AvgIpc) is 2.79. The molecule has 1 aromatic rings. The Morgan fingerprint density at radius 1 is 1.40 bits per heavy atom. The third kappa shape index (κ3) is 1.85. The van der Waals surface area contributed by atoms with Gasteiger partial charge in [0.2, 0.25) is 0 Å². The van der Waals surface area contributed by atoms with E-state index in [-0.39, 0.29) is 12.1 Å². The molecule has 0 spiro atoms. The maximum Gasteiger partial charge on any atom is 0.118 e. The Balaban J connectivity index is 2.26. The highest BCUT2D eigenvalue weighted by Gasteiger charge is 2.35. The number of methoxy groups -OCH3 is 1. The van der Waals surface area contributed by atoms with Crippen molar-refractivity contribution in [2.45, 2.75) is 18.4 Å². The summed E-state index contributed by atoms with van der Waals surface area (Å²) in [7, 11) is 1.65. The number of aliphatic hydroxyl groups excluding tert-OH is 1. The van der Waals surface area contributed by atoms with Gasteiger partial charge >= 0.3 is 0 Å².